The molecule has 3 aromatic rings. The number of aromatic nitrogens is 2. The van der Waals surface area contributed by atoms with Crippen molar-refractivity contribution in [3.05, 3.63) is 90.0 Å². The Morgan fingerprint density at radius 3 is 2.55 bits per heavy atom. The number of amides is 1. The number of hydrogen-bond donors (Lipinski definition) is 1. The molecule has 1 fully saturated rings. The van der Waals surface area contributed by atoms with Gasteiger partial charge in [0.15, 0.2) is 0 Å². The molecule has 1 amide bonds. The highest BCUT2D eigenvalue weighted by atomic mass is 16.5. The number of ether oxygens (including phenoxy) is 1. The molecular formula is C27H32N4O2. The van der Waals surface area contributed by atoms with Crippen LogP contribution in [0.5, 0.6) is 5.75 Å². The first-order chi connectivity index (χ1) is 16.2. The van der Waals surface area contributed by atoms with Gasteiger partial charge in [0.1, 0.15) is 11.9 Å². The van der Waals surface area contributed by atoms with Crippen LogP contribution in [0.1, 0.15) is 41.4 Å². The average molecular weight is 445 g/mol. The maximum atomic E-state index is 12.6. The summed E-state index contributed by atoms with van der Waals surface area (Å²) >= 11 is 0. The minimum atomic E-state index is -0.0929. The van der Waals surface area contributed by atoms with E-state index in [4.69, 9.17) is 4.74 Å². The van der Waals surface area contributed by atoms with E-state index in [1.54, 1.807) is 18.6 Å². The lowest BCUT2D eigenvalue weighted by Crippen LogP contribution is -2.39. The minimum Gasteiger partial charge on any atom is -0.490 e. The van der Waals surface area contributed by atoms with Crippen LogP contribution in [0.2, 0.25) is 0 Å². The molecule has 1 unspecified atom stereocenters. The number of carbonyl (C=O) groups is 1. The van der Waals surface area contributed by atoms with E-state index >= 15 is 0 Å². The van der Waals surface area contributed by atoms with Crippen LogP contribution >= 0.6 is 0 Å². The molecule has 0 bridgehead atoms. The molecule has 6 heteroatoms. The number of nitrogens with one attached hydrogen (secondary N) is 1. The molecule has 6 nitrogen and oxygen atoms in total. The number of carbonyl (C=O) groups excluding carboxylic acids is 1. The van der Waals surface area contributed by atoms with Gasteiger partial charge in [0.05, 0.1) is 5.69 Å². The zero-order valence-corrected chi connectivity index (χ0v) is 19.2. The molecule has 0 saturated carbocycles. The lowest BCUT2D eigenvalue weighted by Gasteiger charge is -2.32. The molecule has 1 aromatic heterocycles. The Hall–Kier alpha value is -3.25. The highest BCUT2D eigenvalue weighted by Crippen LogP contribution is 2.20. The second-order valence-corrected chi connectivity index (χ2v) is 8.69. The summed E-state index contributed by atoms with van der Waals surface area (Å²) in [5.74, 6) is 0.728. The second kappa shape index (κ2) is 11.6. The van der Waals surface area contributed by atoms with Gasteiger partial charge in [-0.3, -0.25) is 14.8 Å². The topological polar surface area (TPSA) is 67.3 Å². The molecule has 172 valence electrons. The Morgan fingerprint density at radius 1 is 1.09 bits per heavy atom. The van der Waals surface area contributed by atoms with Crippen molar-refractivity contribution in [1.82, 2.24) is 20.2 Å². The van der Waals surface area contributed by atoms with E-state index in [1.807, 2.05) is 31.2 Å². The summed E-state index contributed by atoms with van der Waals surface area (Å²) in [4.78, 5) is 23.4. The fraction of sp³-hybridized carbons (Fsp3) is 0.370. The summed E-state index contributed by atoms with van der Waals surface area (Å²) in [6.07, 6.45) is 9.04. The van der Waals surface area contributed by atoms with Gasteiger partial charge in [-0.2, -0.15) is 0 Å². The predicted octanol–water partition coefficient (Wildman–Crippen LogP) is 3.92. The van der Waals surface area contributed by atoms with Crippen LogP contribution < -0.4 is 10.1 Å². The van der Waals surface area contributed by atoms with Crippen LogP contribution in [0.3, 0.4) is 0 Å². The van der Waals surface area contributed by atoms with Crippen LogP contribution in [0.4, 0.5) is 0 Å². The molecule has 0 radical (unpaired) electrons. The Bertz CT molecular complexity index is 988. The minimum absolute atomic E-state index is 0.0304. The average Bonchev–Trinajstić information content (AvgIpc) is 2.85. The Morgan fingerprint density at radius 2 is 1.85 bits per heavy atom. The molecule has 1 aliphatic heterocycles. The highest BCUT2D eigenvalue weighted by Gasteiger charge is 2.20. The van der Waals surface area contributed by atoms with E-state index in [-0.39, 0.29) is 18.1 Å². The van der Waals surface area contributed by atoms with Gasteiger partial charge >= 0.3 is 0 Å². The van der Waals surface area contributed by atoms with Gasteiger partial charge in [0.2, 0.25) is 0 Å². The Balaban J connectivity index is 1.19. The van der Waals surface area contributed by atoms with E-state index in [9.17, 15) is 4.79 Å². The van der Waals surface area contributed by atoms with Crippen molar-refractivity contribution in [2.45, 2.75) is 44.8 Å². The monoisotopic (exact) mass is 444 g/mol. The first-order valence-electron chi connectivity index (χ1n) is 11.7. The van der Waals surface area contributed by atoms with Gasteiger partial charge in [-0.1, -0.05) is 30.3 Å². The molecule has 1 N–H and O–H groups in total. The Labute approximate surface area is 196 Å². The normalized spacial score (nSPS) is 15.7. The van der Waals surface area contributed by atoms with Gasteiger partial charge in [-0.05, 0) is 56.0 Å². The smallest absolute Gasteiger partial charge is 0.251 e. The van der Waals surface area contributed by atoms with Crippen LogP contribution in [0.15, 0.2) is 73.2 Å². The number of piperidine rings is 1. The first-order valence-corrected chi connectivity index (χ1v) is 11.7. The van der Waals surface area contributed by atoms with Crippen molar-refractivity contribution in [2.75, 3.05) is 19.6 Å². The fourth-order valence-electron chi connectivity index (χ4n) is 4.17. The van der Waals surface area contributed by atoms with E-state index in [0.29, 0.717) is 12.0 Å². The molecule has 0 spiro atoms. The van der Waals surface area contributed by atoms with Crippen molar-refractivity contribution in [1.29, 1.82) is 0 Å². The third kappa shape index (κ3) is 7.12. The van der Waals surface area contributed by atoms with Crippen molar-refractivity contribution >= 4 is 5.91 Å². The fourth-order valence-corrected chi connectivity index (χ4v) is 4.17. The molecule has 1 atom stereocenters. The van der Waals surface area contributed by atoms with E-state index in [2.05, 4.69) is 50.5 Å². The van der Waals surface area contributed by atoms with E-state index in [1.165, 1.54) is 5.56 Å². The van der Waals surface area contributed by atoms with Gasteiger partial charge in [-0.15, -0.1) is 0 Å². The van der Waals surface area contributed by atoms with Crippen molar-refractivity contribution in [2.24, 2.45) is 0 Å². The van der Waals surface area contributed by atoms with Gasteiger partial charge in [0.25, 0.3) is 5.91 Å². The van der Waals surface area contributed by atoms with Crippen LogP contribution in [0.25, 0.3) is 0 Å². The third-order valence-corrected chi connectivity index (χ3v) is 6.02. The molecule has 2 aromatic carbocycles. The number of likely N-dealkylation sites (tertiary alicyclic amines) is 1. The number of nitrogens with zero attached hydrogens (tertiary/aromatic N) is 3. The quantitative estimate of drug-likeness (QED) is 0.542. The summed E-state index contributed by atoms with van der Waals surface area (Å²) in [7, 11) is 0. The van der Waals surface area contributed by atoms with Crippen molar-refractivity contribution in [3.63, 3.8) is 0 Å². The maximum Gasteiger partial charge on any atom is 0.251 e. The van der Waals surface area contributed by atoms with Crippen molar-refractivity contribution < 1.29 is 9.53 Å². The van der Waals surface area contributed by atoms with Gasteiger partial charge in [-0.25, -0.2) is 0 Å². The van der Waals surface area contributed by atoms with Crippen LogP contribution in [-0.4, -0.2) is 52.6 Å². The summed E-state index contributed by atoms with van der Waals surface area (Å²) < 4.78 is 6.19. The van der Waals surface area contributed by atoms with Crippen molar-refractivity contribution in [3.8, 4) is 5.75 Å². The molecular weight excluding hydrogens is 412 g/mol. The summed E-state index contributed by atoms with van der Waals surface area (Å²) in [5.41, 5.74) is 2.88. The lowest BCUT2D eigenvalue weighted by atomic mass is 10.1. The maximum absolute atomic E-state index is 12.6. The molecule has 2 heterocycles. The lowest BCUT2D eigenvalue weighted by molar-refractivity contribution is 0.0939. The van der Waals surface area contributed by atoms with E-state index in [0.717, 1.165) is 50.3 Å². The largest absolute Gasteiger partial charge is 0.490 e. The highest BCUT2D eigenvalue weighted by molar-refractivity contribution is 5.94. The third-order valence-electron chi connectivity index (χ3n) is 6.02. The van der Waals surface area contributed by atoms with Gasteiger partial charge in [0, 0.05) is 56.3 Å². The molecule has 1 aliphatic rings. The standard InChI is InChI=1S/C27H32N4O2/c1-21(19-24-20-28-14-15-29-24)30-27(32)23-7-9-25(10-8-23)33-26-12-17-31(18-13-26)16-11-22-5-3-2-4-6-22/h2-10,14-15,20-21,26H,11-13,16-19H2,1H3,(H,30,32). The number of rotatable bonds is 9. The molecule has 33 heavy (non-hydrogen) atoms. The summed E-state index contributed by atoms with van der Waals surface area (Å²) in [6, 6.07) is 18.1. The first kappa shape index (κ1) is 22.9. The molecule has 4 rings (SSSR count). The second-order valence-electron chi connectivity index (χ2n) is 8.69. The van der Waals surface area contributed by atoms with Gasteiger partial charge < -0.3 is 15.0 Å². The number of benzene rings is 2. The molecule has 1 saturated heterocycles. The number of hydrogen-bond acceptors (Lipinski definition) is 5. The van der Waals surface area contributed by atoms with E-state index < -0.39 is 0 Å². The zero-order chi connectivity index (χ0) is 22.9. The summed E-state index contributed by atoms with van der Waals surface area (Å²) in [6.45, 7) is 5.18. The van der Waals surface area contributed by atoms with Crippen LogP contribution in [0, 0.1) is 0 Å². The summed E-state index contributed by atoms with van der Waals surface area (Å²) in [5, 5.41) is 3.02. The van der Waals surface area contributed by atoms with Crippen LogP contribution in [-0.2, 0) is 12.8 Å². The Kier molecular flexibility index (Phi) is 8.04. The SMILES string of the molecule is CC(Cc1cnccn1)NC(=O)c1ccc(OC2CCN(CCc3ccccc3)CC2)cc1. The predicted molar refractivity (Wildman–Crippen MR) is 129 cm³/mol. The molecule has 0 aliphatic carbocycles. The zero-order valence-electron chi connectivity index (χ0n) is 19.2.